The van der Waals surface area contributed by atoms with E-state index in [1.165, 1.54) is 24.3 Å². The highest BCUT2D eigenvalue weighted by atomic mass is 19.1. The number of fused-ring (bicyclic) bond motifs is 1. The van der Waals surface area contributed by atoms with Crippen molar-refractivity contribution in [1.29, 1.82) is 0 Å². The van der Waals surface area contributed by atoms with Crippen molar-refractivity contribution in [2.45, 2.75) is 26.1 Å². The number of nitrogens with zero attached hydrogens (tertiary/aromatic N) is 3. The molecule has 1 aliphatic heterocycles. The lowest BCUT2D eigenvalue weighted by Crippen LogP contribution is -2.40. The molecule has 2 aromatic carbocycles. The maximum absolute atomic E-state index is 13.1. The van der Waals surface area contributed by atoms with E-state index in [1.807, 2.05) is 48.0 Å². The molecule has 3 aromatic rings. The minimum atomic E-state index is -0.348. The van der Waals surface area contributed by atoms with Crippen molar-refractivity contribution in [1.82, 2.24) is 14.7 Å². The van der Waals surface area contributed by atoms with E-state index in [0.717, 1.165) is 17.1 Å². The van der Waals surface area contributed by atoms with Crippen molar-refractivity contribution < 1.29 is 13.9 Å². The van der Waals surface area contributed by atoms with E-state index < -0.39 is 0 Å². The third-order valence-electron chi connectivity index (χ3n) is 4.63. The van der Waals surface area contributed by atoms with Crippen LogP contribution in [0.5, 0.6) is 5.75 Å². The summed E-state index contributed by atoms with van der Waals surface area (Å²) in [6.07, 6.45) is 0. The molecule has 0 bridgehead atoms. The predicted octanol–water partition coefficient (Wildman–Crippen LogP) is 3.82. The minimum Gasteiger partial charge on any atom is -0.487 e. The summed E-state index contributed by atoms with van der Waals surface area (Å²) in [5.41, 5.74) is 2.29. The average molecular weight is 365 g/mol. The summed E-state index contributed by atoms with van der Waals surface area (Å²) in [5.74, 6) is 0.348. The molecular formula is C21H20FN3O2. The van der Waals surface area contributed by atoms with Gasteiger partial charge in [-0.2, -0.15) is 5.10 Å². The van der Waals surface area contributed by atoms with Crippen molar-refractivity contribution in [2.75, 3.05) is 6.54 Å². The molecule has 0 N–H and O–H groups in total. The van der Waals surface area contributed by atoms with Crippen molar-refractivity contribution in [3.63, 3.8) is 0 Å². The molecular weight excluding hydrogens is 345 g/mol. The average Bonchev–Trinajstić information content (AvgIpc) is 3.11. The van der Waals surface area contributed by atoms with Crippen LogP contribution < -0.4 is 4.74 Å². The lowest BCUT2D eigenvalue weighted by Gasteiger charge is -2.32. The van der Waals surface area contributed by atoms with Gasteiger partial charge in [-0.25, -0.2) is 4.39 Å². The van der Waals surface area contributed by atoms with E-state index in [1.54, 1.807) is 4.90 Å². The third-order valence-corrected chi connectivity index (χ3v) is 4.63. The van der Waals surface area contributed by atoms with Crippen molar-refractivity contribution >= 4 is 5.91 Å². The monoisotopic (exact) mass is 365 g/mol. The van der Waals surface area contributed by atoms with Gasteiger partial charge in [-0.3, -0.25) is 9.48 Å². The van der Waals surface area contributed by atoms with Gasteiger partial charge in [0.15, 0.2) is 0 Å². The van der Waals surface area contributed by atoms with E-state index in [4.69, 9.17) is 4.74 Å². The highest BCUT2D eigenvalue weighted by Gasteiger charge is 2.27. The predicted molar refractivity (Wildman–Crippen MR) is 98.9 cm³/mol. The summed E-state index contributed by atoms with van der Waals surface area (Å²) < 4.78 is 20.8. The Bertz CT molecular complexity index is 938. The number of benzene rings is 2. The van der Waals surface area contributed by atoms with E-state index >= 15 is 0 Å². The van der Waals surface area contributed by atoms with Crippen LogP contribution in [0.2, 0.25) is 0 Å². The van der Waals surface area contributed by atoms with Crippen LogP contribution in [0.15, 0.2) is 60.7 Å². The molecule has 1 unspecified atom stereocenters. The van der Waals surface area contributed by atoms with Crippen molar-refractivity contribution in [3.05, 3.63) is 83.4 Å². The molecule has 0 radical (unpaired) electrons. The normalized spacial score (nSPS) is 16.1. The Hall–Kier alpha value is -3.15. The second kappa shape index (κ2) is 7.23. The number of aromatic nitrogens is 2. The fraction of sp³-hybridized carbons (Fsp3) is 0.238. The fourth-order valence-corrected chi connectivity index (χ4v) is 3.32. The van der Waals surface area contributed by atoms with Gasteiger partial charge in [-0.1, -0.05) is 18.2 Å². The molecule has 5 nitrogen and oxygen atoms in total. The molecule has 1 atom stereocenters. The van der Waals surface area contributed by atoms with Crippen LogP contribution in [0, 0.1) is 5.82 Å². The SMILES string of the molecule is CC1CN(C(=O)c2ccc(F)cc2)Cc2cc(COc3ccccc3)nn21. The first kappa shape index (κ1) is 17.3. The molecule has 1 aliphatic rings. The van der Waals surface area contributed by atoms with Crippen LogP contribution >= 0.6 is 0 Å². The molecule has 138 valence electrons. The highest BCUT2D eigenvalue weighted by molar-refractivity contribution is 5.94. The zero-order chi connectivity index (χ0) is 18.8. The van der Waals surface area contributed by atoms with Crippen LogP contribution in [-0.4, -0.2) is 27.1 Å². The number of carbonyl (C=O) groups is 1. The lowest BCUT2D eigenvalue weighted by atomic mass is 10.1. The van der Waals surface area contributed by atoms with E-state index in [-0.39, 0.29) is 17.8 Å². The van der Waals surface area contributed by atoms with Gasteiger partial charge in [0.2, 0.25) is 0 Å². The fourth-order valence-electron chi connectivity index (χ4n) is 3.32. The quantitative estimate of drug-likeness (QED) is 0.706. The molecule has 2 heterocycles. The van der Waals surface area contributed by atoms with Gasteiger partial charge in [-0.05, 0) is 49.4 Å². The summed E-state index contributed by atoms with van der Waals surface area (Å²) >= 11 is 0. The van der Waals surface area contributed by atoms with Gasteiger partial charge in [-0.15, -0.1) is 0 Å². The van der Waals surface area contributed by atoms with E-state index in [0.29, 0.717) is 25.3 Å². The Labute approximate surface area is 157 Å². The number of hydrogen-bond donors (Lipinski definition) is 0. The van der Waals surface area contributed by atoms with Gasteiger partial charge >= 0.3 is 0 Å². The summed E-state index contributed by atoms with van der Waals surface area (Å²) in [7, 11) is 0. The Kier molecular flexibility index (Phi) is 4.62. The summed E-state index contributed by atoms with van der Waals surface area (Å²) in [6.45, 7) is 3.44. The number of carbonyl (C=O) groups excluding carboxylic acids is 1. The molecule has 27 heavy (non-hydrogen) atoms. The molecule has 0 spiro atoms. The highest BCUT2D eigenvalue weighted by Crippen LogP contribution is 2.23. The van der Waals surface area contributed by atoms with Crippen LogP contribution in [0.4, 0.5) is 4.39 Å². The van der Waals surface area contributed by atoms with Gasteiger partial charge in [0.1, 0.15) is 23.9 Å². The Balaban J connectivity index is 1.48. The van der Waals surface area contributed by atoms with E-state index in [9.17, 15) is 9.18 Å². The maximum Gasteiger partial charge on any atom is 0.254 e. The first-order valence-corrected chi connectivity index (χ1v) is 8.90. The van der Waals surface area contributed by atoms with Crippen LogP contribution in [0.3, 0.4) is 0 Å². The molecule has 6 heteroatoms. The minimum absolute atomic E-state index is 0.0589. The first-order chi connectivity index (χ1) is 13.1. The Morgan fingerprint density at radius 2 is 1.93 bits per heavy atom. The van der Waals surface area contributed by atoms with Gasteiger partial charge < -0.3 is 9.64 Å². The second-order valence-corrected chi connectivity index (χ2v) is 6.71. The third kappa shape index (κ3) is 3.69. The Morgan fingerprint density at radius 3 is 2.67 bits per heavy atom. The number of rotatable bonds is 4. The molecule has 0 saturated carbocycles. The zero-order valence-corrected chi connectivity index (χ0v) is 15.0. The molecule has 1 aromatic heterocycles. The second-order valence-electron chi connectivity index (χ2n) is 6.71. The standard InChI is InChI=1S/C21H20FN3O2/c1-15-12-24(21(26)16-7-9-17(22)10-8-16)13-19-11-18(23-25(15)19)14-27-20-5-3-2-4-6-20/h2-11,15H,12-14H2,1H3. The maximum atomic E-state index is 13.1. The van der Waals surface area contributed by atoms with Crippen LogP contribution in [0.1, 0.15) is 34.7 Å². The molecule has 0 aliphatic carbocycles. The number of halogens is 1. The van der Waals surface area contributed by atoms with Gasteiger partial charge in [0.25, 0.3) is 5.91 Å². The van der Waals surface area contributed by atoms with Crippen LogP contribution in [0.25, 0.3) is 0 Å². The number of ether oxygens (including phenoxy) is 1. The number of amides is 1. The van der Waals surface area contributed by atoms with E-state index in [2.05, 4.69) is 5.10 Å². The zero-order valence-electron chi connectivity index (χ0n) is 15.0. The number of para-hydroxylation sites is 1. The molecule has 0 fully saturated rings. The van der Waals surface area contributed by atoms with Gasteiger partial charge in [0, 0.05) is 12.1 Å². The summed E-state index contributed by atoms with van der Waals surface area (Å²) in [6, 6.07) is 17.3. The van der Waals surface area contributed by atoms with Crippen LogP contribution in [-0.2, 0) is 13.2 Å². The first-order valence-electron chi connectivity index (χ1n) is 8.90. The number of hydrogen-bond acceptors (Lipinski definition) is 3. The molecule has 4 rings (SSSR count). The van der Waals surface area contributed by atoms with Crippen molar-refractivity contribution in [2.24, 2.45) is 0 Å². The summed E-state index contributed by atoms with van der Waals surface area (Å²) in [4.78, 5) is 14.5. The topological polar surface area (TPSA) is 47.4 Å². The molecule has 0 saturated heterocycles. The lowest BCUT2D eigenvalue weighted by molar-refractivity contribution is 0.0677. The molecule has 1 amide bonds. The summed E-state index contributed by atoms with van der Waals surface area (Å²) in [5, 5.41) is 4.63. The smallest absolute Gasteiger partial charge is 0.254 e. The van der Waals surface area contributed by atoms with Crippen molar-refractivity contribution in [3.8, 4) is 5.75 Å². The van der Waals surface area contributed by atoms with Gasteiger partial charge in [0.05, 0.1) is 18.3 Å². The largest absolute Gasteiger partial charge is 0.487 e. The Morgan fingerprint density at radius 1 is 1.19 bits per heavy atom.